The Bertz CT molecular complexity index is 829. The second-order valence-corrected chi connectivity index (χ2v) is 4.78. The van der Waals surface area contributed by atoms with Crippen LogP contribution in [-0.2, 0) is 0 Å². The van der Waals surface area contributed by atoms with Gasteiger partial charge in [-0.2, -0.15) is 9.61 Å². The lowest BCUT2D eigenvalue weighted by atomic mass is 10.2. The Hall–Kier alpha value is -2.08. The summed E-state index contributed by atoms with van der Waals surface area (Å²) in [6.45, 7) is 3.63. The van der Waals surface area contributed by atoms with Gasteiger partial charge in [0.15, 0.2) is 16.6 Å². The highest BCUT2D eigenvalue weighted by molar-refractivity contribution is 6.30. The average Bonchev–Trinajstić information content (AvgIpc) is 2.82. The fraction of sp³-hybridized carbons (Fsp3) is 0.154. The molecule has 0 saturated carbocycles. The molecule has 0 saturated heterocycles. The van der Waals surface area contributed by atoms with Crippen LogP contribution in [0.2, 0.25) is 5.15 Å². The number of halogens is 3. The van der Waals surface area contributed by atoms with Crippen LogP contribution in [-0.4, -0.2) is 19.8 Å². The maximum atomic E-state index is 13.8. The molecule has 0 amide bonds. The van der Waals surface area contributed by atoms with Gasteiger partial charge in [0.25, 0.3) is 0 Å². The van der Waals surface area contributed by atoms with Gasteiger partial charge in [-0.1, -0.05) is 11.6 Å². The monoisotopic (exact) mass is 294 g/mol. The SMILES string of the molecule is Cc1c(Cl)nn2c(-c3cc(F)ccc3F)nnc2c1C. The first-order valence-electron chi connectivity index (χ1n) is 5.82. The molecule has 0 aliphatic rings. The van der Waals surface area contributed by atoms with Crippen LogP contribution in [0.4, 0.5) is 8.78 Å². The molecule has 4 nitrogen and oxygen atoms in total. The number of hydrogen-bond donors (Lipinski definition) is 0. The van der Waals surface area contributed by atoms with Crippen molar-refractivity contribution in [2.45, 2.75) is 13.8 Å². The molecule has 1 aromatic carbocycles. The maximum absolute atomic E-state index is 13.8. The smallest absolute Gasteiger partial charge is 0.188 e. The molecular weight excluding hydrogens is 286 g/mol. The number of fused-ring (bicyclic) bond motifs is 1. The number of hydrogen-bond acceptors (Lipinski definition) is 3. The molecule has 0 N–H and O–H groups in total. The van der Waals surface area contributed by atoms with E-state index in [0.29, 0.717) is 5.65 Å². The van der Waals surface area contributed by atoms with Crippen LogP contribution in [0.5, 0.6) is 0 Å². The molecule has 0 atom stereocenters. The van der Waals surface area contributed by atoms with Crippen molar-refractivity contribution in [3.05, 3.63) is 46.1 Å². The lowest BCUT2D eigenvalue weighted by Crippen LogP contribution is -2.01. The predicted molar refractivity (Wildman–Crippen MR) is 70.6 cm³/mol. The quantitative estimate of drug-likeness (QED) is 0.691. The molecule has 0 aliphatic heterocycles. The Labute approximate surface area is 118 Å². The normalized spacial score (nSPS) is 11.2. The Morgan fingerprint density at radius 1 is 1.10 bits per heavy atom. The zero-order valence-electron chi connectivity index (χ0n) is 10.7. The minimum Gasteiger partial charge on any atom is -0.207 e. The van der Waals surface area contributed by atoms with Gasteiger partial charge >= 0.3 is 0 Å². The van der Waals surface area contributed by atoms with Crippen LogP contribution < -0.4 is 0 Å². The summed E-state index contributed by atoms with van der Waals surface area (Å²) in [5, 5.41) is 12.2. The molecule has 0 radical (unpaired) electrons. The molecule has 0 aliphatic carbocycles. The predicted octanol–water partition coefficient (Wildman–Crippen LogP) is 3.34. The lowest BCUT2D eigenvalue weighted by molar-refractivity contribution is 0.601. The van der Waals surface area contributed by atoms with Gasteiger partial charge < -0.3 is 0 Å². The Morgan fingerprint density at radius 2 is 1.85 bits per heavy atom. The van der Waals surface area contributed by atoms with E-state index < -0.39 is 11.6 Å². The number of nitrogens with zero attached hydrogens (tertiary/aromatic N) is 4. The highest BCUT2D eigenvalue weighted by Gasteiger charge is 2.17. The zero-order chi connectivity index (χ0) is 14.4. The first-order chi connectivity index (χ1) is 9.49. The second kappa shape index (κ2) is 4.49. The largest absolute Gasteiger partial charge is 0.207 e. The first kappa shape index (κ1) is 12.9. The summed E-state index contributed by atoms with van der Waals surface area (Å²) in [5.74, 6) is -1.05. The summed E-state index contributed by atoms with van der Waals surface area (Å²) in [4.78, 5) is 0. The third kappa shape index (κ3) is 1.84. The van der Waals surface area contributed by atoms with Crippen molar-refractivity contribution in [1.82, 2.24) is 19.8 Å². The first-order valence-corrected chi connectivity index (χ1v) is 6.20. The van der Waals surface area contributed by atoms with Crippen molar-refractivity contribution in [1.29, 1.82) is 0 Å². The van der Waals surface area contributed by atoms with E-state index in [1.807, 2.05) is 13.8 Å². The molecule has 2 aromatic heterocycles. The molecule has 0 spiro atoms. The molecule has 3 aromatic rings. The van der Waals surface area contributed by atoms with Gasteiger partial charge in [-0.05, 0) is 37.6 Å². The van der Waals surface area contributed by atoms with Crippen molar-refractivity contribution >= 4 is 17.2 Å². The molecule has 0 unspecified atom stereocenters. The fourth-order valence-electron chi connectivity index (χ4n) is 1.93. The van der Waals surface area contributed by atoms with E-state index in [4.69, 9.17) is 11.6 Å². The van der Waals surface area contributed by atoms with E-state index >= 15 is 0 Å². The number of aryl methyl sites for hydroxylation is 1. The van der Waals surface area contributed by atoms with Gasteiger partial charge in [0.1, 0.15) is 11.6 Å². The van der Waals surface area contributed by atoms with E-state index in [1.165, 1.54) is 4.52 Å². The third-order valence-corrected chi connectivity index (χ3v) is 3.56. The summed E-state index contributed by atoms with van der Waals surface area (Å²) < 4.78 is 28.4. The Kier molecular flexibility index (Phi) is 2.90. The van der Waals surface area contributed by atoms with E-state index in [9.17, 15) is 8.78 Å². The molecule has 2 heterocycles. The standard InChI is InChI=1S/C13H9ClF2N4/c1-6-7(2)12-17-18-13(20(12)19-11(6)14)9-5-8(15)3-4-10(9)16/h3-5H,1-2H3. The Balaban J connectivity index is 2.36. The number of aromatic nitrogens is 4. The third-order valence-electron chi connectivity index (χ3n) is 3.21. The van der Waals surface area contributed by atoms with E-state index in [1.54, 1.807) is 0 Å². The van der Waals surface area contributed by atoms with Crippen molar-refractivity contribution < 1.29 is 8.78 Å². The van der Waals surface area contributed by atoms with Gasteiger partial charge in [0, 0.05) is 5.56 Å². The molecule has 3 rings (SSSR count). The molecule has 0 bridgehead atoms. The summed E-state index contributed by atoms with van der Waals surface area (Å²) in [7, 11) is 0. The van der Waals surface area contributed by atoms with Gasteiger partial charge in [-0.15, -0.1) is 10.2 Å². The van der Waals surface area contributed by atoms with Gasteiger partial charge in [0.05, 0.1) is 5.56 Å². The fourth-order valence-corrected chi connectivity index (χ4v) is 2.15. The molecule has 102 valence electrons. The van der Waals surface area contributed by atoms with Crippen LogP contribution in [0.25, 0.3) is 17.0 Å². The van der Waals surface area contributed by atoms with Crippen LogP contribution in [0.3, 0.4) is 0 Å². The number of benzene rings is 1. The van der Waals surface area contributed by atoms with Crippen molar-refractivity contribution in [3.8, 4) is 11.4 Å². The molecule has 7 heteroatoms. The maximum Gasteiger partial charge on any atom is 0.188 e. The highest BCUT2D eigenvalue weighted by atomic mass is 35.5. The molecule has 0 fully saturated rings. The summed E-state index contributed by atoms with van der Waals surface area (Å²) in [5.41, 5.74) is 2.02. The van der Waals surface area contributed by atoms with E-state index in [0.717, 1.165) is 29.3 Å². The van der Waals surface area contributed by atoms with Crippen LogP contribution in [0, 0.1) is 25.5 Å². The second-order valence-electron chi connectivity index (χ2n) is 4.42. The van der Waals surface area contributed by atoms with Gasteiger partial charge in [0.2, 0.25) is 0 Å². The summed E-state index contributed by atoms with van der Waals surface area (Å²) in [6, 6.07) is 3.13. The topological polar surface area (TPSA) is 43.1 Å². The molecular formula is C13H9ClF2N4. The minimum absolute atomic E-state index is 0.00989. The minimum atomic E-state index is -0.600. The van der Waals surface area contributed by atoms with Crippen LogP contribution in [0.15, 0.2) is 18.2 Å². The summed E-state index contributed by atoms with van der Waals surface area (Å²) >= 11 is 6.03. The van der Waals surface area contributed by atoms with Crippen molar-refractivity contribution in [3.63, 3.8) is 0 Å². The van der Waals surface area contributed by atoms with Crippen LogP contribution in [0.1, 0.15) is 11.1 Å². The van der Waals surface area contributed by atoms with Crippen molar-refractivity contribution in [2.24, 2.45) is 0 Å². The Morgan fingerprint density at radius 3 is 2.60 bits per heavy atom. The van der Waals surface area contributed by atoms with Crippen LogP contribution >= 0.6 is 11.6 Å². The van der Waals surface area contributed by atoms with Crippen molar-refractivity contribution in [2.75, 3.05) is 0 Å². The highest BCUT2D eigenvalue weighted by Crippen LogP contribution is 2.25. The molecule has 20 heavy (non-hydrogen) atoms. The van der Waals surface area contributed by atoms with E-state index in [-0.39, 0.29) is 16.5 Å². The zero-order valence-corrected chi connectivity index (χ0v) is 11.4. The van der Waals surface area contributed by atoms with E-state index in [2.05, 4.69) is 15.3 Å². The number of rotatable bonds is 1. The van der Waals surface area contributed by atoms with Gasteiger partial charge in [-0.25, -0.2) is 8.78 Å². The lowest BCUT2D eigenvalue weighted by Gasteiger charge is -2.05. The van der Waals surface area contributed by atoms with Gasteiger partial charge in [-0.3, -0.25) is 0 Å². The average molecular weight is 295 g/mol. The summed E-state index contributed by atoms with van der Waals surface area (Å²) in [6.07, 6.45) is 0.